The number of carbonyl (C=O) groups excluding carboxylic acids is 1. The fourth-order valence-electron chi connectivity index (χ4n) is 8.31. The SMILES string of the molecule is C[C@@H]1C[C@]2(O)C[C@@H](O)CC[C@]2(C)C2CC[C@]3(C)C(=O)[C@H]4C[C@H]4C3C21. The van der Waals surface area contributed by atoms with Crippen molar-refractivity contribution in [2.45, 2.75) is 77.4 Å². The minimum absolute atomic E-state index is 0.0804. The van der Waals surface area contributed by atoms with Gasteiger partial charge < -0.3 is 10.2 Å². The van der Waals surface area contributed by atoms with Crippen LogP contribution in [-0.4, -0.2) is 27.7 Å². The van der Waals surface area contributed by atoms with Gasteiger partial charge in [-0.25, -0.2) is 0 Å². The van der Waals surface area contributed by atoms with E-state index in [1.807, 2.05) is 0 Å². The summed E-state index contributed by atoms with van der Waals surface area (Å²) in [5.74, 6) is 3.68. The number of rotatable bonds is 0. The van der Waals surface area contributed by atoms with Gasteiger partial charge in [-0.3, -0.25) is 4.79 Å². The van der Waals surface area contributed by atoms with Crippen molar-refractivity contribution in [3.8, 4) is 0 Å². The highest BCUT2D eigenvalue weighted by Gasteiger charge is 2.73. The lowest BCUT2D eigenvalue weighted by molar-refractivity contribution is -0.234. The molecule has 10 atom stereocenters. The molecule has 0 heterocycles. The third-order valence-corrected chi connectivity index (χ3v) is 9.56. The number of aliphatic hydroxyl groups excluding tert-OH is 1. The highest BCUT2D eigenvalue weighted by molar-refractivity contribution is 5.92. The first-order valence-corrected chi connectivity index (χ1v) is 10.2. The molecule has 5 rings (SSSR count). The summed E-state index contributed by atoms with van der Waals surface area (Å²) in [6.45, 7) is 6.86. The predicted molar refractivity (Wildman–Crippen MR) is 91.1 cm³/mol. The van der Waals surface area contributed by atoms with Crippen molar-refractivity contribution in [2.24, 2.45) is 46.3 Å². The fourth-order valence-corrected chi connectivity index (χ4v) is 8.31. The van der Waals surface area contributed by atoms with E-state index >= 15 is 0 Å². The summed E-state index contributed by atoms with van der Waals surface area (Å²) in [4.78, 5) is 12.9. The first-order valence-electron chi connectivity index (χ1n) is 10.2. The van der Waals surface area contributed by atoms with Crippen LogP contribution in [0.25, 0.3) is 0 Å². The van der Waals surface area contributed by atoms with Gasteiger partial charge in [0.15, 0.2) is 0 Å². The van der Waals surface area contributed by atoms with E-state index in [-0.39, 0.29) is 16.9 Å². The average molecular weight is 332 g/mol. The normalized spacial score (nSPS) is 64.7. The Morgan fingerprint density at radius 2 is 1.88 bits per heavy atom. The standard InChI is InChI=1S/C21H32O3/c1-11-9-21(24)10-12(22)4-7-20(21,3)15-5-6-19(2)17(16(11)15)13-8-14(13)18(19)23/h11-17,22,24H,4-10H2,1-3H3/t11-,12+,13-,14+,15?,16?,17?,19+,20-,21+/m1/s1. The van der Waals surface area contributed by atoms with E-state index < -0.39 is 5.60 Å². The van der Waals surface area contributed by atoms with Gasteiger partial charge in [-0.15, -0.1) is 0 Å². The van der Waals surface area contributed by atoms with Crippen LogP contribution in [0.4, 0.5) is 0 Å². The Bertz CT molecular complexity index is 602. The minimum atomic E-state index is -0.718. The van der Waals surface area contributed by atoms with Crippen LogP contribution in [0.1, 0.15) is 65.7 Å². The van der Waals surface area contributed by atoms with Crippen LogP contribution in [0.3, 0.4) is 0 Å². The molecule has 134 valence electrons. The van der Waals surface area contributed by atoms with Gasteiger partial charge in [-0.2, -0.15) is 0 Å². The van der Waals surface area contributed by atoms with Gasteiger partial charge in [-0.1, -0.05) is 20.8 Å². The van der Waals surface area contributed by atoms with Crippen LogP contribution in [0.5, 0.6) is 0 Å². The molecule has 0 radical (unpaired) electrons. The summed E-state index contributed by atoms with van der Waals surface area (Å²) in [6.07, 6.45) is 6.00. The summed E-state index contributed by atoms with van der Waals surface area (Å²) in [5.41, 5.74) is -0.881. The van der Waals surface area contributed by atoms with Crippen molar-refractivity contribution < 1.29 is 15.0 Å². The number of hydrogen-bond acceptors (Lipinski definition) is 3. The van der Waals surface area contributed by atoms with Crippen molar-refractivity contribution in [1.29, 1.82) is 0 Å². The third kappa shape index (κ3) is 1.65. The Morgan fingerprint density at radius 3 is 2.62 bits per heavy atom. The Morgan fingerprint density at radius 1 is 1.12 bits per heavy atom. The Labute approximate surface area is 145 Å². The maximum atomic E-state index is 12.9. The molecule has 0 aromatic heterocycles. The zero-order valence-electron chi connectivity index (χ0n) is 15.3. The summed E-state index contributed by atoms with van der Waals surface area (Å²) in [7, 11) is 0. The molecular formula is C21H32O3. The minimum Gasteiger partial charge on any atom is -0.393 e. The molecule has 0 bridgehead atoms. The van der Waals surface area contributed by atoms with E-state index in [2.05, 4.69) is 20.8 Å². The van der Waals surface area contributed by atoms with E-state index in [0.29, 0.717) is 47.7 Å². The van der Waals surface area contributed by atoms with Gasteiger partial charge in [0.05, 0.1) is 11.7 Å². The van der Waals surface area contributed by atoms with Gasteiger partial charge in [0.2, 0.25) is 0 Å². The molecule has 2 N–H and O–H groups in total. The first-order chi connectivity index (χ1) is 11.2. The molecular weight excluding hydrogens is 300 g/mol. The largest absolute Gasteiger partial charge is 0.393 e. The molecule has 0 aliphatic heterocycles. The van der Waals surface area contributed by atoms with Gasteiger partial charge >= 0.3 is 0 Å². The number of hydrogen-bond donors (Lipinski definition) is 2. The van der Waals surface area contributed by atoms with Crippen LogP contribution in [0.15, 0.2) is 0 Å². The number of carbonyl (C=O) groups is 1. The smallest absolute Gasteiger partial charge is 0.142 e. The molecule has 5 fully saturated rings. The molecule has 5 aliphatic rings. The lowest BCUT2D eigenvalue weighted by atomic mass is 9.41. The van der Waals surface area contributed by atoms with E-state index in [1.54, 1.807) is 0 Å². The zero-order valence-corrected chi connectivity index (χ0v) is 15.3. The van der Waals surface area contributed by atoms with Crippen molar-refractivity contribution in [1.82, 2.24) is 0 Å². The van der Waals surface area contributed by atoms with Gasteiger partial charge in [-0.05, 0) is 73.5 Å². The predicted octanol–water partition coefficient (Wildman–Crippen LogP) is 3.18. The molecule has 0 amide bonds. The molecule has 0 aromatic carbocycles. The Hall–Kier alpha value is -0.410. The third-order valence-electron chi connectivity index (χ3n) is 9.56. The second kappa shape index (κ2) is 4.46. The molecule has 5 saturated carbocycles. The highest BCUT2D eigenvalue weighted by atomic mass is 16.3. The monoisotopic (exact) mass is 332 g/mol. The summed E-state index contributed by atoms with van der Waals surface area (Å²) >= 11 is 0. The van der Waals surface area contributed by atoms with Gasteiger partial charge in [0, 0.05) is 17.8 Å². The van der Waals surface area contributed by atoms with Crippen molar-refractivity contribution in [3.05, 3.63) is 0 Å². The number of fused-ring (bicyclic) bond motifs is 7. The maximum absolute atomic E-state index is 12.9. The number of Topliss-reactive ketones (excluding diaryl/α,β-unsaturated/α-hetero) is 1. The Kier molecular flexibility index (Phi) is 2.94. The molecule has 24 heavy (non-hydrogen) atoms. The van der Waals surface area contributed by atoms with Crippen LogP contribution < -0.4 is 0 Å². The average Bonchev–Trinajstić information content (AvgIpc) is 3.24. The van der Waals surface area contributed by atoms with Crippen molar-refractivity contribution in [2.75, 3.05) is 0 Å². The van der Waals surface area contributed by atoms with Crippen molar-refractivity contribution in [3.63, 3.8) is 0 Å². The van der Waals surface area contributed by atoms with E-state index in [9.17, 15) is 15.0 Å². The second-order valence-corrected chi connectivity index (χ2v) is 10.6. The van der Waals surface area contributed by atoms with E-state index in [0.717, 1.165) is 38.5 Å². The van der Waals surface area contributed by atoms with E-state index in [4.69, 9.17) is 0 Å². The molecule has 3 heteroatoms. The van der Waals surface area contributed by atoms with E-state index in [1.165, 1.54) is 0 Å². The molecule has 0 spiro atoms. The lowest BCUT2D eigenvalue weighted by Gasteiger charge is -2.65. The summed E-state index contributed by atoms with van der Waals surface area (Å²) in [5, 5.41) is 21.7. The zero-order chi connectivity index (χ0) is 17.1. The van der Waals surface area contributed by atoms with Crippen LogP contribution >= 0.6 is 0 Å². The quantitative estimate of drug-likeness (QED) is 0.716. The number of ketones is 1. The Balaban J connectivity index is 1.56. The fraction of sp³-hybridized carbons (Fsp3) is 0.952. The molecule has 0 aromatic rings. The second-order valence-electron chi connectivity index (χ2n) is 10.6. The first kappa shape index (κ1) is 15.8. The van der Waals surface area contributed by atoms with Crippen LogP contribution in [-0.2, 0) is 4.79 Å². The highest BCUT2D eigenvalue weighted by Crippen LogP contribution is 2.73. The van der Waals surface area contributed by atoms with Crippen molar-refractivity contribution >= 4 is 5.78 Å². The van der Waals surface area contributed by atoms with Crippen LogP contribution in [0, 0.1) is 46.3 Å². The van der Waals surface area contributed by atoms with Gasteiger partial charge in [0.1, 0.15) is 5.78 Å². The molecule has 0 saturated heterocycles. The summed E-state index contributed by atoms with van der Waals surface area (Å²) < 4.78 is 0. The van der Waals surface area contributed by atoms with Gasteiger partial charge in [0.25, 0.3) is 0 Å². The maximum Gasteiger partial charge on any atom is 0.142 e. The summed E-state index contributed by atoms with van der Waals surface area (Å²) in [6, 6.07) is 0. The number of aliphatic hydroxyl groups is 2. The van der Waals surface area contributed by atoms with Crippen LogP contribution in [0.2, 0.25) is 0 Å². The molecule has 3 unspecified atom stereocenters. The topological polar surface area (TPSA) is 57.5 Å². The molecule has 5 aliphatic carbocycles. The lowest BCUT2D eigenvalue weighted by Crippen LogP contribution is -2.65. The molecule has 3 nitrogen and oxygen atoms in total.